The van der Waals surface area contributed by atoms with Gasteiger partial charge in [0, 0.05) is 46.0 Å². The zero-order valence-corrected chi connectivity index (χ0v) is 21.4. The number of hydrogen-bond acceptors (Lipinski definition) is 4. The highest BCUT2D eigenvalue weighted by Gasteiger charge is 2.14. The van der Waals surface area contributed by atoms with Crippen LogP contribution in [0.4, 0.5) is 0 Å². The molecular formula is C23H33IN4O2S. The van der Waals surface area contributed by atoms with Crippen LogP contribution in [0.25, 0.3) is 0 Å². The zero-order chi connectivity index (χ0) is 21.4. The van der Waals surface area contributed by atoms with Crippen LogP contribution < -0.4 is 10.6 Å². The molecule has 0 saturated heterocycles. The first-order chi connectivity index (χ1) is 14.5. The number of nitrogens with one attached hydrogen (secondary N) is 2. The maximum Gasteiger partial charge on any atom is 0.190 e. The average molecular weight is 557 g/mol. The predicted octanol–water partition coefficient (Wildman–Crippen LogP) is 2.86. The van der Waals surface area contributed by atoms with Crippen molar-refractivity contribution in [3.63, 3.8) is 0 Å². The number of rotatable bonds is 8. The third kappa shape index (κ3) is 8.08. The van der Waals surface area contributed by atoms with Crippen LogP contribution in [-0.4, -0.2) is 58.8 Å². The molecule has 1 aliphatic heterocycles. The number of nitrogens with zero attached hydrogens (tertiary/aromatic N) is 2. The van der Waals surface area contributed by atoms with E-state index in [1.807, 2.05) is 12.1 Å². The summed E-state index contributed by atoms with van der Waals surface area (Å²) in [5.74, 6) is 0.798. The van der Waals surface area contributed by atoms with E-state index in [1.165, 1.54) is 17.4 Å². The SMILES string of the molecule is CN=C(NCCCN1CCc2ccccc2C1)NCCc1ccc(S(C)(=O)=O)cc1.I. The summed E-state index contributed by atoms with van der Waals surface area (Å²) in [6, 6.07) is 15.8. The van der Waals surface area contributed by atoms with Crippen LogP contribution in [0.15, 0.2) is 58.4 Å². The van der Waals surface area contributed by atoms with Gasteiger partial charge < -0.3 is 10.6 Å². The molecule has 1 aliphatic rings. The van der Waals surface area contributed by atoms with Crippen LogP contribution in [0.5, 0.6) is 0 Å². The highest BCUT2D eigenvalue weighted by molar-refractivity contribution is 14.0. The summed E-state index contributed by atoms with van der Waals surface area (Å²) in [5.41, 5.74) is 4.04. The lowest BCUT2D eigenvalue weighted by atomic mass is 10.00. The fourth-order valence-electron chi connectivity index (χ4n) is 3.70. The normalized spacial score (nSPS) is 14.5. The van der Waals surface area contributed by atoms with Crippen molar-refractivity contribution in [2.24, 2.45) is 4.99 Å². The van der Waals surface area contributed by atoms with E-state index in [4.69, 9.17) is 0 Å². The fraction of sp³-hybridized carbons (Fsp3) is 0.435. The van der Waals surface area contributed by atoms with Crippen LogP contribution in [0.3, 0.4) is 0 Å². The van der Waals surface area contributed by atoms with Gasteiger partial charge in [0.15, 0.2) is 15.8 Å². The van der Waals surface area contributed by atoms with Gasteiger partial charge >= 0.3 is 0 Å². The molecule has 0 spiro atoms. The van der Waals surface area contributed by atoms with E-state index in [2.05, 4.69) is 44.8 Å². The standard InChI is InChI=1S/C23H32N4O2S.HI/c1-24-23(26-15-12-19-8-10-22(11-9-19)30(2,28)29)25-14-5-16-27-17-13-20-6-3-4-7-21(20)18-27;/h3-4,6-11H,5,12-18H2,1-2H3,(H2,24,25,26);1H. The molecule has 0 bridgehead atoms. The van der Waals surface area contributed by atoms with Gasteiger partial charge in [0.1, 0.15) is 0 Å². The smallest absolute Gasteiger partial charge is 0.190 e. The number of sulfone groups is 1. The highest BCUT2D eigenvalue weighted by atomic mass is 127. The van der Waals surface area contributed by atoms with E-state index >= 15 is 0 Å². The van der Waals surface area contributed by atoms with Gasteiger partial charge in [0.05, 0.1) is 4.90 Å². The molecule has 2 aromatic carbocycles. The quantitative estimate of drug-likeness (QED) is 0.227. The Morgan fingerprint density at radius 1 is 1.03 bits per heavy atom. The molecule has 0 amide bonds. The Hall–Kier alpha value is -1.65. The second-order valence-corrected chi connectivity index (χ2v) is 9.76. The predicted molar refractivity (Wildman–Crippen MR) is 138 cm³/mol. The first kappa shape index (κ1) is 25.6. The van der Waals surface area contributed by atoms with Gasteiger partial charge in [0.2, 0.25) is 0 Å². The van der Waals surface area contributed by atoms with Crippen molar-refractivity contribution in [1.29, 1.82) is 0 Å². The summed E-state index contributed by atoms with van der Waals surface area (Å²) < 4.78 is 23.1. The number of benzene rings is 2. The average Bonchev–Trinajstić information content (AvgIpc) is 2.75. The van der Waals surface area contributed by atoms with Gasteiger partial charge in [-0.15, -0.1) is 24.0 Å². The Morgan fingerprint density at radius 3 is 2.39 bits per heavy atom. The number of aliphatic imine (C=N–C) groups is 1. The molecule has 170 valence electrons. The molecule has 0 aliphatic carbocycles. The Kier molecular flexibility index (Phi) is 10.2. The zero-order valence-electron chi connectivity index (χ0n) is 18.3. The van der Waals surface area contributed by atoms with Crippen molar-refractivity contribution in [3.8, 4) is 0 Å². The Balaban J connectivity index is 0.00000341. The van der Waals surface area contributed by atoms with Crippen molar-refractivity contribution in [3.05, 3.63) is 65.2 Å². The molecule has 2 aromatic rings. The molecular weight excluding hydrogens is 523 g/mol. The number of guanidine groups is 1. The van der Waals surface area contributed by atoms with Crippen molar-refractivity contribution in [2.75, 3.05) is 39.5 Å². The van der Waals surface area contributed by atoms with Crippen molar-refractivity contribution in [2.45, 2.75) is 30.7 Å². The summed E-state index contributed by atoms with van der Waals surface area (Å²) in [6.07, 6.45) is 4.23. The second kappa shape index (κ2) is 12.4. The molecule has 1 heterocycles. The van der Waals surface area contributed by atoms with Gasteiger partial charge in [-0.3, -0.25) is 9.89 Å². The van der Waals surface area contributed by atoms with E-state index < -0.39 is 9.84 Å². The van der Waals surface area contributed by atoms with E-state index in [1.54, 1.807) is 19.2 Å². The summed E-state index contributed by atoms with van der Waals surface area (Å²) in [4.78, 5) is 7.15. The lowest BCUT2D eigenvalue weighted by Gasteiger charge is -2.28. The van der Waals surface area contributed by atoms with Gasteiger partial charge in [-0.05, 0) is 48.1 Å². The maximum absolute atomic E-state index is 11.5. The monoisotopic (exact) mass is 556 g/mol. The van der Waals surface area contributed by atoms with Crippen LogP contribution in [-0.2, 0) is 29.2 Å². The summed E-state index contributed by atoms with van der Waals surface area (Å²) in [6.45, 7) is 4.86. The van der Waals surface area contributed by atoms with Gasteiger partial charge in [-0.25, -0.2) is 8.42 Å². The Morgan fingerprint density at radius 2 is 1.71 bits per heavy atom. The minimum Gasteiger partial charge on any atom is -0.356 e. The second-order valence-electron chi connectivity index (χ2n) is 7.74. The minimum atomic E-state index is -3.14. The first-order valence-corrected chi connectivity index (χ1v) is 12.4. The van der Waals surface area contributed by atoms with Crippen LogP contribution >= 0.6 is 24.0 Å². The molecule has 0 aromatic heterocycles. The first-order valence-electron chi connectivity index (χ1n) is 10.5. The van der Waals surface area contributed by atoms with Crippen molar-refractivity contribution >= 4 is 39.8 Å². The topological polar surface area (TPSA) is 73.8 Å². The van der Waals surface area contributed by atoms with Crippen LogP contribution in [0, 0.1) is 0 Å². The van der Waals surface area contributed by atoms with Gasteiger partial charge in [-0.2, -0.15) is 0 Å². The minimum absolute atomic E-state index is 0. The van der Waals surface area contributed by atoms with E-state index in [0.29, 0.717) is 4.90 Å². The molecule has 0 unspecified atom stereocenters. The summed E-state index contributed by atoms with van der Waals surface area (Å²) in [5, 5.41) is 6.70. The van der Waals surface area contributed by atoms with Gasteiger partial charge in [-0.1, -0.05) is 36.4 Å². The number of hydrogen-bond donors (Lipinski definition) is 2. The lowest BCUT2D eigenvalue weighted by molar-refractivity contribution is 0.251. The lowest BCUT2D eigenvalue weighted by Crippen LogP contribution is -2.40. The molecule has 3 rings (SSSR count). The molecule has 6 nitrogen and oxygen atoms in total. The van der Waals surface area contributed by atoms with Crippen molar-refractivity contribution in [1.82, 2.24) is 15.5 Å². The molecule has 0 atom stereocenters. The largest absolute Gasteiger partial charge is 0.356 e. The molecule has 2 N–H and O–H groups in total. The third-order valence-electron chi connectivity index (χ3n) is 5.43. The van der Waals surface area contributed by atoms with Gasteiger partial charge in [0.25, 0.3) is 0 Å². The van der Waals surface area contributed by atoms with Crippen LogP contribution in [0.1, 0.15) is 23.1 Å². The third-order valence-corrected chi connectivity index (χ3v) is 6.56. The van der Waals surface area contributed by atoms with Crippen LogP contribution in [0.2, 0.25) is 0 Å². The summed E-state index contributed by atoms with van der Waals surface area (Å²) in [7, 11) is -1.37. The molecule has 0 fully saturated rings. The number of halogens is 1. The van der Waals surface area contributed by atoms with E-state index in [9.17, 15) is 8.42 Å². The van der Waals surface area contributed by atoms with Crippen molar-refractivity contribution < 1.29 is 8.42 Å². The molecule has 0 saturated carbocycles. The van der Waals surface area contributed by atoms with E-state index in [-0.39, 0.29) is 24.0 Å². The Bertz CT molecular complexity index is 962. The highest BCUT2D eigenvalue weighted by Crippen LogP contribution is 2.18. The fourth-order valence-corrected chi connectivity index (χ4v) is 4.33. The van der Waals surface area contributed by atoms with E-state index in [0.717, 1.165) is 63.5 Å². The molecule has 8 heteroatoms. The summed E-state index contributed by atoms with van der Waals surface area (Å²) >= 11 is 0. The Labute approximate surface area is 203 Å². The number of fused-ring (bicyclic) bond motifs is 1. The molecule has 0 radical (unpaired) electrons. The maximum atomic E-state index is 11.5. The molecule has 31 heavy (non-hydrogen) atoms.